The first kappa shape index (κ1) is 15.3. The number of aromatic nitrogens is 1. The van der Waals surface area contributed by atoms with Crippen LogP contribution >= 0.6 is 11.3 Å². The van der Waals surface area contributed by atoms with Crippen LogP contribution in [0.4, 0.5) is 0 Å². The number of rotatable bonds is 6. The van der Waals surface area contributed by atoms with E-state index < -0.39 is 0 Å². The average Bonchev–Trinajstić information content (AvgIpc) is 3.04. The molecule has 0 atom stereocenters. The molecule has 1 heterocycles. The molecule has 0 saturated heterocycles. The molecule has 0 spiro atoms. The van der Waals surface area contributed by atoms with Crippen LogP contribution in [0.5, 0.6) is 11.5 Å². The zero-order chi connectivity index (χ0) is 15.2. The third-order valence-electron chi connectivity index (χ3n) is 3.09. The molecule has 1 amide bonds. The lowest BCUT2D eigenvalue weighted by molar-refractivity contribution is 0.0802. The summed E-state index contributed by atoms with van der Waals surface area (Å²) in [6.45, 7) is 2.96. The van der Waals surface area contributed by atoms with Crippen LogP contribution in [-0.4, -0.2) is 36.5 Å². The zero-order valence-corrected chi connectivity index (χ0v) is 13.1. The number of nitrogens with zero attached hydrogens (tertiary/aromatic N) is 2. The van der Waals surface area contributed by atoms with Crippen molar-refractivity contribution in [1.29, 1.82) is 0 Å². The van der Waals surface area contributed by atoms with Crippen molar-refractivity contribution in [3.05, 3.63) is 40.3 Å². The first-order valence-corrected chi connectivity index (χ1v) is 7.53. The fourth-order valence-electron chi connectivity index (χ4n) is 1.74. The molecule has 6 heteroatoms. The molecule has 112 valence electrons. The second-order valence-electron chi connectivity index (χ2n) is 4.45. The van der Waals surface area contributed by atoms with Crippen LogP contribution in [0.3, 0.4) is 0 Å². The monoisotopic (exact) mass is 306 g/mol. The van der Waals surface area contributed by atoms with Crippen molar-refractivity contribution in [1.82, 2.24) is 9.88 Å². The highest BCUT2D eigenvalue weighted by atomic mass is 32.1. The van der Waals surface area contributed by atoms with E-state index in [1.165, 1.54) is 11.3 Å². The van der Waals surface area contributed by atoms with Gasteiger partial charge in [0, 0.05) is 24.5 Å². The number of carbonyl (C=O) groups is 1. The molecule has 5 nitrogen and oxygen atoms in total. The van der Waals surface area contributed by atoms with Crippen LogP contribution in [0.1, 0.15) is 23.0 Å². The predicted molar refractivity (Wildman–Crippen MR) is 82.1 cm³/mol. The second-order valence-corrected chi connectivity index (χ2v) is 5.17. The van der Waals surface area contributed by atoms with Crippen LogP contribution in [0.15, 0.2) is 29.1 Å². The highest BCUT2D eigenvalue weighted by molar-refractivity contribution is 7.07. The summed E-state index contributed by atoms with van der Waals surface area (Å²) in [4.78, 5) is 17.9. The standard InChI is InChI=1S/C15H18N2O3S/c1-4-17(2)15(18)11-5-6-13(14(7-11)19-3)20-8-12-9-21-10-16-12/h5-7,9-10H,4,8H2,1-3H3. The van der Waals surface area contributed by atoms with Crippen LogP contribution in [0.2, 0.25) is 0 Å². The van der Waals surface area contributed by atoms with E-state index >= 15 is 0 Å². The van der Waals surface area contributed by atoms with Gasteiger partial charge in [-0.25, -0.2) is 4.98 Å². The van der Waals surface area contributed by atoms with E-state index in [2.05, 4.69) is 4.98 Å². The highest BCUT2D eigenvalue weighted by Gasteiger charge is 2.14. The Morgan fingerprint density at radius 1 is 1.38 bits per heavy atom. The number of thiazole rings is 1. The molecule has 2 aromatic rings. The third-order valence-corrected chi connectivity index (χ3v) is 3.73. The fourth-order valence-corrected chi connectivity index (χ4v) is 2.29. The SMILES string of the molecule is CCN(C)C(=O)c1ccc(OCc2cscn2)c(OC)c1. The topological polar surface area (TPSA) is 51.7 Å². The molecule has 1 aromatic carbocycles. The van der Waals surface area contributed by atoms with Gasteiger partial charge in [-0.1, -0.05) is 0 Å². The highest BCUT2D eigenvalue weighted by Crippen LogP contribution is 2.29. The summed E-state index contributed by atoms with van der Waals surface area (Å²) >= 11 is 1.52. The van der Waals surface area contributed by atoms with E-state index in [9.17, 15) is 4.79 Å². The van der Waals surface area contributed by atoms with Crippen molar-refractivity contribution in [2.24, 2.45) is 0 Å². The molecular formula is C15H18N2O3S. The van der Waals surface area contributed by atoms with Gasteiger partial charge in [-0.3, -0.25) is 4.79 Å². The molecule has 2 rings (SSSR count). The van der Waals surface area contributed by atoms with Gasteiger partial charge in [0.25, 0.3) is 5.91 Å². The van der Waals surface area contributed by atoms with Gasteiger partial charge in [-0.05, 0) is 25.1 Å². The zero-order valence-electron chi connectivity index (χ0n) is 12.3. The Balaban J connectivity index is 2.14. The largest absolute Gasteiger partial charge is 0.493 e. The van der Waals surface area contributed by atoms with Crippen LogP contribution < -0.4 is 9.47 Å². The second kappa shape index (κ2) is 7.08. The van der Waals surface area contributed by atoms with Crippen molar-refractivity contribution >= 4 is 17.2 Å². The van der Waals surface area contributed by atoms with E-state index in [0.29, 0.717) is 30.2 Å². The number of benzene rings is 1. The lowest BCUT2D eigenvalue weighted by atomic mass is 10.1. The van der Waals surface area contributed by atoms with Crippen molar-refractivity contribution < 1.29 is 14.3 Å². The van der Waals surface area contributed by atoms with Gasteiger partial charge in [0.15, 0.2) is 11.5 Å². The molecule has 0 aliphatic rings. The minimum Gasteiger partial charge on any atom is -0.493 e. The predicted octanol–water partition coefficient (Wildman–Crippen LogP) is 2.82. The molecular weight excluding hydrogens is 288 g/mol. The first-order valence-electron chi connectivity index (χ1n) is 6.59. The van der Waals surface area contributed by atoms with Gasteiger partial charge >= 0.3 is 0 Å². The summed E-state index contributed by atoms with van der Waals surface area (Å²) in [6, 6.07) is 5.19. The molecule has 0 radical (unpaired) electrons. The number of amides is 1. The van der Waals surface area contributed by atoms with Crippen LogP contribution in [0.25, 0.3) is 0 Å². The van der Waals surface area contributed by atoms with Gasteiger partial charge < -0.3 is 14.4 Å². The Bertz CT molecular complexity index is 599. The number of hydrogen-bond acceptors (Lipinski definition) is 5. The van der Waals surface area contributed by atoms with Crippen molar-refractivity contribution in [2.45, 2.75) is 13.5 Å². The van der Waals surface area contributed by atoms with Gasteiger partial charge in [0.05, 0.1) is 18.3 Å². The van der Waals surface area contributed by atoms with Crippen LogP contribution in [-0.2, 0) is 6.61 Å². The Morgan fingerprint density at radius 3 is 2.81 bits per heavy atom. The number of ether oxygens (including phenoxy) is 2. The van der Waals surface area contributed by atoms with Gasteiger partial charge in [-0.15, -0.1) is 11.3 Å². The van der Waals surface area contributed by atoms with E-state index in [0.717, 1.165) is 5.69 Å². The number of hydrogen-bond donors (Lipinski definition) is 0. The van der Waals surface area contributed by atoms with Crippen molar-refractivity contribution in [3.63, 3.8) is 0 Å². The molecule has 0 bridgehead atoms. The summed E-state index contributed by atoms with van der Waals surface area (Å²) in [6.07, 6.45) is 0. The quantitative estimate of drug-likeness (QED) is 0.823. The summed E-state index contributed by atoms with van der Waals surface area (Å²) in [5, 5.41) is 1.93. The molecule has 1 aromatic heterocycles. The van der Waals surface area contributed by atoms with E-state index in [4.69, 9.17) is 9.47 Å². The Morgan fingerprint density at radius 2 is 2.19 bits per heavy atom. The minimum absolute atomic E-state index is 0.0400. The fraction of sp³-hybridized carbons (Fsp3) is 0.333. The maximum atomic E-state index is 12.1. The summed E-state index contributed by atoms with van der Waals surface area (Å²) in [5.74, 6) is 1.10. The number of methoxy groups -OCH3 is 1. The van der Waals surface area contributed by atoms with Crippen molar-refractivity contribution in [2.75, 3.05) is 20.7 Å². The average molecular weight is 306 g/mol. The van der Waals surface area contributed by atoms with Gasteiger partial charge in [0.2, 0.25) is 0 Å². The van der Waals surface area contributed by atoms with Crippen molar-refractivity contribution in [3.8, 4) is 11.5 Å². The van der Waals surface area contributed by atoms with Gasteiger partial charge in [0.1, 0.15) is 6.61 Å². The summed E-state index contributed by atoms with van der Waals surface area (Å²) in [7, 11) is 3.32. The minimum atomic E-state index is -0.0400. The van der Waals surface area contributed by atoms with Crippen LogP contribution in [0, 0.1) is 0 Å². The normalized spacial score (nSPS) is 10.2. The summed E-state index contributed by atoms with van der Waals surface area (Å²) < 4.78 is 11.0. The lowest BCUT2D eigenvalue weighted by Crippen LogP contribution is -2.26. The molecule has 0 saturated carbocycles. The van der Waals surface area contributed by atoms with E-state index in [1.807, 2.05) is 12.3 Å². The van der Waals surface area contributed by atoms with Gasteiger partial charge in [-0.2, -0.15) is 0 Å². The Kier molecular flexibility index (Phi) is 5.16. The Hall–Kier alpha value is -2.08. The molecule has 0 N–H and O–H groups in total. The molecule has 0 aliphatic carbocycles. The third kappa shape index (κ3) is 3.72. The first-order chi connectivity index (χ1) is 10.2. The summed E-state index contributed by atoms with van der Waals surface area (Å²) in [5.41, 5.74) is 3.21. The molecule has 0 unspecified atom stereocenters. The number of carbonyl (C=O) groups excluding carboxylic acids is 1. The van der Waals surface area contributed by atoms with E-state index in [-0.39, 0.29) is 5.91 Å². The smallest absolute Gasteiger partial charge is 0.253 e. The molecule has 21 heavy (non-hydrogen) atoms. The molecule has 0 fully saturated rings. The maximum Gasteiger partial charge on any atom is 0.253 e. The maximum absolute atomic E-state index is 12.1. The molecule has 0 aliphatic heterocycles. The lowest BCUT2D eigenvalue weighted by Gasteiger charge is -2.16. The Labute approximate surface area is 128 Å². The van der Waals surface area contributed by atoms with E-state index in [1.54, 1.807) is 42.8 Å².